The summed E-state index contributed by atoms with van der Waals surface area (Å²) in [7, 11) is 0. The van der Waals surface area contributed by atoms with E-state index in [0.29, 0.717) is 5.75 Å². The molecule has 0 aliphatic carbocycles. The maximum Gasteiger partial charge on any atom is 0.306 e. The molecule has 0 saturated carbocycles. The van der Waals surface area contributed by atoms with E-state index in [1.807, 2.05) is 18.2 Å². The predicted molar refractivity (Wildman–Crippen MR) is 74.5 cm³/mol. The quantitative estimate of drug-likeness (QED) is 0.640. The number of aliphatic hydroxyl groups is 1. The highest BCUT2D eigenvalue weighted by molar-refractivity contribution is 9.10. The molecular weight excluding hydrogens is 330 g/mol. The monoisotopic (exact) mass is 341 g/mol. The summed E-state index contributed by atoms with van der Waals surface area (Å²) in [6.07, 6.45) is 1.59. The van der Waals surface area contributed by atoms with Crippen LogP contribution >= 0.6 is 15.9 Å². The van der Waals surface area contributed by atoms with Gasteiger partial charge in [0.15, 0.2) is 0 Å². The Bertz CT molecular complexity index is 602. The minimum Gasteiger partial charge on any atom is -0.490 e. The van der Waals surface area contributed by atoms with Gasteiger partial charge in [-0.1, -0.05) is 12.1 Å². The molecule has 8 heteroatoms. The van der Waals surface area contributed by atoms with Crippen LogP contribution in [0.3, 0.4) is 0 Å². The maximum atomic E-state index is 10.5. The molecule has 0 bridgehead atoms. The molecule has 0 radical (unpaired) electrons. The van der Waals surface area contributed by atoms with Crippen LogP contribution in [0.5, 0.6) is 5.75 Å². The lowest BCUT2D eigenvalue weighted by atomic mass is 10.3. The Hall–Kier alpha value is -1.93. The van der Waals surface area contributed by atoms with Crippen LogP contribution in [0.15, 0.2) is 41.1 Å². The van der Waals surface area contributed by atoms with Crippen LogP contribution in [0.1, 0.15) is 0 Å². The van der Waals surface area contributed by atoms with Gasteiger partial charge < -0.3 is 9.84 Å². The molecule has 0 aliphatic heterocycles. The number of benzene rings is 1. The van der Waals surface area contributed by atoms with Crippen molar-refractivity contribution < 1.29 is 14.8 Å². The maximum absolute atomic E-state index is 10.5. The summed E-state index contributed by atoms with van der Waals surface area (Å²) >= 11 is 3.33. The van der Waals surface area contributed by atoms with Crippen molar-refractivity contribution in [3.8, 4) is 5.75 Å². The normalized spacial score (nSPS) is 12.1. The summed E-state index contributed by atoms with van der Waals surface area (Å²) in [4.78, 5) is 9.97. The van der Waals surface area contributed by atoms with Crippen molar-refractivity contribution in [2.75, 3.05) is 6.61 Å². The van der Waals surface area contributed by atoms with Crippen molar-refractivity contribution >= 4 is 21.6 Å². The number of rotatable bonds is 6. The van der Waals surface area contributed by atoms with Gasteiger partial charge in [0.2, 0.25) is 0 Å². The van der Waals surface area contributed by atoms with Crippen molar-refractivity contribution in [3.05, 3.63) is 51.2 Å². The highest BCUT2D eigenvalue weighted by atomic mass is 79.9. The molecule has 1 N–H and O–H groups in total. The van der Waals surface area contributed by atoms with Gasteiger partial charge in [0.1, 0.15) is 30.9 Å². The molecule has 1 heterocycles. The second-order valence-electron chi connectivity index (χ2n) is 4.07. The Morgan fingerprint density at radius 2 is 2.25 bits per heavy atom. The lowest BCUT2D eigenvalue weighted by Gasteiger charge is -2.13. The van der Waals surface area contributed by atoms with E-state index < -0.39 is 11.0 Å². The third-order valence-electron chi connectivity index (χ3n) is 2.50. The molecule has 106 valence electrons. The average Bonchev–Trinajstić information content (AvgIpc) is 2.86. The first-order valence-corrected chi connectivity index (χ1v) is 6.58. The number of nitro groups is 1. The molecule has 0 aliphatic rings. The number of aliphatic hydroxyl groups excluding tert-OH is 1. The van der Waals surface area contributed by atoms with Crippen LogP contribution in [-0.4, -0.2) is 32.5 Å². The molecule has 1 aromatic heterocycles. The molecule has 1 atom stereocenters. The first kappa shape index (κ1) is 14.5. The number of hydrogen-bond donors (Lipinski definition) is 1. The fourth-order valence-electron chi connectivity index (χ4n) is 1.56. The molecule has 1 aromatic carbocycles. The van der Waals surface area contributed by atoms with Crippen LogP contribution in [0.2, 0.25) is 0 Å². The standard InChI is InChI=1S/C12H12BrN3O4/c13-11-3-1-2-4-12(11)20-8-10(17)7-15-6-9(5-14-15)16(18)19/h1-6,10,17H,7-8H2/t10-/m1/s1. The van der Waals surface area contributed by atoms with Crippen LogP contribution in [0, 0.1) is 10.1 Å². The molecule has 0 amide bonds. The largest absolute Gasteiger partial charge is 0.490 e. The number of ether oxygens (including phenoxy) is 1. The van der Waals surface area contributed by atoms with Crippen molar-refractivity contribution in [3.63, 3.8) is 0 Å². The van der Waals surface area contributed by atoms with Crippen LogP contribution in [0.25, 0.3) is 0 Å². The van der Waals surface area contributed by atoms with Gasteiger partial charge in [0.25, 0.3) is 0 Å². The van der Waals surface area contributed by atoms with E-state index in [0.717, 1.165) is 10.7 Å². The number of hydrogen-bond acceptors (Lipinski definition) is 5. The third-order valence-corrected chi connectivity index (χ3v) is 3.15. The summed E-state index contributed by atoms with van der Waals surface area (Å²) in [5.74, 6) is 0.623. The molecule has 20 heavy (non-hydrogen) atoms. The summed E-state index contributed by atoms with van der Waals surface area (Å²) in [5.41, 5.74) is -0.107. The van der Waals surface area contributed by atoms with Crippen molar-refractivity contribution in [1.29, 1.82) is 0 Å². The summed E-state index contributed by atoms with van der Waals surface area (Å²) < 4.78 is 7.56. The zero-order valence-electron chi connectivity index (χ0n) is 10.3. The Balaban J connectivity index is 1.87. The molecule has 0 saturated heterocycles. The summed E-state index contributed by atoms with van der Waals surface area (Å²) in [6, 6.07) is 7.29. The number of para-hydroxylation sites is 1. The third kappa shape index (κ3) is 3.78. The van der Waals surface area contributed by atoms with E-state index >= 15 is 0 Å². The molecule has 7 nitrogen and oxygen atoms in total. The average molecular weight is 342 g/mol. The molecule has 0 spiro atoms. The Kier molecular flexibility index (Phi) is 4.70. The van der Waals surface area contributed by atoms with Gasteiger partial charge in [-0.3, -0.25) is 14.8 Å². The molecular formula is C12H12BrN3O4. The topological polar surface area (TPSA) is 90.4 Å². The van der Waals surface area contributed by atoms with E-state index in [2.05, 4.69) is 21.0 Å². The van der Waals surface area contributed by atoms with E-state index in [1.165, 1.54) is 10.9 Å². The summed E-state index contributed by atoms with van der Waals surface area (Å²) in [5, 5.41) is 24.1. The fraction of sp³-hybridized carbons (Fsp3) is 0.250. The first-order valence-electron chi connectivity index (χ1n) is 5.78. The van der Waals surface area contributed by atoms with Gasteiger partial charge in [0, 0.05) is 0 Å². The highest BCUT2D eigenvalue weighted by Gasteiger charge is 2.12. The smallest absolute Gasteiger partial charge is 0.306 e. The van der Waals surface area contributed by atoms with Gasteiger partial charge in [-0.05, 0) is 28.1 Å². The van der Waals surface area contributed by atoms with E-state index in [9.17, 15) is 15.2 Å². The van der Waals surface area contributed by atoms with E-state index in [4.69, 9.17) is 4.74 Å². The zero-order chi connectivity index (χ0) is 14.5. The lowest BCUT2D eigenvalue weighted by molar-refractivity contribution is -0.385. The SMILES string of the molecule is O=[N+]([O-])c1cnn(C[C@@H](O)COc2ccccc2Br)c1. The Morgan fingerprint density at radius 3 is 2.90 bits per heavy atom. The number of nitrogens with zero attached hydrogens (tertiary/aromatic N) is 3. The van der Waals surface area contributed by atoms with E-state index in [-0.39, 0.29) is 18.8 Å². The van der Waals surface area contributed by atoms with Gasteiger partial charge in [-0.2, -0.15) is 5.10 Å². The van der Waals surface area contributed by atoms with Crippen LogP contribution in [0.4, 0.5) is 5.69 Å². The fourth-order valence-corrected chi connectivity index (χ4v) is 1.96. The summed E-state index contributed by atoms with van der Waals surface area (Å²) in [6.45, 7) is 0.189. The molecule has 2 rings (SSSR count). The van der Waals surface area contributed by atoms with Gasteiger partial charge in [0.05, 0.1) is 15.9 Å². The van der Waals surface area contributed by atoms with Gasteiger partial charge >= 0.3 is 5.69 Å². The Labute approximate surface area is 123 Å². The highest BCUT2D eigenvalue weighted by Crippen LogP contribution is 2.23. The Morgan fingerprint density at radius 1 is 1.50 bits per heavy atom. The van der Waals surface area contributed by atoms with Gasteiger partial charge in [-0.25, -0.2) is 0 Å². The van der Waals surface area contributed by atoms with Crippen molar-refractivity contribution in [1.82, 2.24) is 9.78 Å². The van der Waals surface area contributed by atoms with Crippen molar-refractivity contribution in [2.45, 2.75) is 12.6 Å². The lowest BCUT2D eigenvalue weighted by Crippen LogP contribution is -2.23. The molecule has 0 fully saturated rings. The number of halogens is 1. The predicted octanol–water partition coefficient (Wildman–Crippen LogP) is 1.99. The first-order chi connectivity index (χ1) is 9.56. The minimum absolute atomic E-state index is 0.0657. The molecule has 2 aromatic rings. The van der Waals surface area contributed by atoms with Crippen LogP contribution in [-0.2, 0) is 6.54 Å². The van der Waals surface area contributed by atoms with Crippen LogP contribution < -0.4 is 4.74 Å². The minimum atomic E-state index is -0.818. The number of aromatic nitrogens is 2. The van der Waals surface area contributed by atoms with Crippen molar-refractivity contribution in [2.24, 2.45) is 0 Å². The second kappa shape index (κ2) is 6.49. The van der Waals surface area contributed by atoms with Gasteiger partial charge in [-0.15, -0.1) is 0 Å². The molecule has 0 unspecified atom stereocenters. The zero-order valence-corrected chi connectivity index (χ0v) is 11.9. The van der Waals surface area contributed by atoms with E-state index in [1.54, 1.807) is 6.07 Å². The second-order valence-corrected chi connectivity index (χ2v) is 4.93.